The summed E-state index contributed by atoms with van der Waals surface area (Å²) in [6, 6.07) is 25.3. The van der Waals surface area contributed by atoms with Gasteiger partial charge in [0.15, 0.2) is 0 Å². The van der Waals surface area contributed by atoms with Crippen molar-refractivity contribution in [3.63, 3.8) is 0 Å². The van der Waals surface area contributed by atoms with Gasteiger partial charge in [-0.25, -0.2) is 4.79 Å². The summed E-state index contributed by atoms with van der Waals surface area (Å²) in [4.78, 5) is 12.3. The molecular weight excluding hydrogens is 346 g/mol. The normalized spacial score (nSPS) is 10.8. The van der Waals surface area contributed by atoms with Crippen LogP contribution in [0.5, 0.6) is 5.75 Å². The van der Waals surface area contributed by atoms with Crippen molar-refractivity contribution in [1.29, 1.82) is 5.26 Å². The number of allylic oxidation sites excluding steroid dienone is 1. The van der Waals surface area contributed by atoms with E-state index in [0.29, 0.717) is 21.9 Å². The molecule has 3 aromatic rings. The maximum Gasteiger partial charge on any atom is 0.345 e. The molecule has 126 valence electrons. The second kappa shape index (κ2) is 8.15. The Hall–Kier alpha value is -3.35. The van der Waals surface area contributed by atoms with Crippen LogP contribution in [0.1, 0.15) is 21.5 Å². The quantitative estimate of drug-likeness (QED) is 0.263. The molecule has 0 fully saturated rings. The number of rotatable bonds is 4. The lowest BCUT2D eigenvalue weighted by molar-refractivity contribution is 0.0735. The molecule has 4 heteroatoms. The van der Waals surface area contributed by atoms with Crippen LogP contribution in [0.2, 0.25) is 5.02 Å². The Labute approximate surface area is 156 Å². The van der Waals surface area contributed by atoms with Crippen molar-refractivity contribution in [1.82, 2.24) is 0 Å². The first kappa shape index (κ1) is 17.5. The standard InChI is InChI=1S/C22H14ClNO2/c23-21-12-5-4-11-20(21)22(25)26-19-10-6-7-16(14-19)13-18(15-24)17-8-2-1-3-9-17/h1-14H/b18-13-. The Morgan fingerprint density at radius 1 is 0.962 bits per heavy atom. The number of esters is 1. The van der Waals surface area contributed by atoms with Crippen molar-refractivity contribution in [2.45, 2.75) is 0 Å². The van der Waals surface area contributed by atoms with E-state index in [2.05, 4.69) is 6.07 Å². The Morgan fingerprint density at radius 3 is 2.42 bits per heavy atom. The molecule has 0 atom stereocenters. The van der Waals surface area contributed by atoms with Gasteiger partial charge in [-0.2, -0.15) is 5.26 Å². The third-order valence-electron chi connectivity index (χ3n) is 3.68. The first-order valence-corrected chi connectivity index (χ1v) is 8.29. The molecule has 3 nitrogen and oxygen atoms in total. The van der Waals surface area contributed by atoms with Crippen molar-refractivity contribution in [2.75, 3.05) is 0 Å². The zero-order chi connectivity index (χ0) is 18.4. The Kier molecular flexibility index (Phi) is 5.48. The highest BCUT2D eigenvalue weighted by molar-refractivity contribution is 6.33. The smallest absolute Gasteiger partial charge is 0.345 e. The molecule has 0 heterocycles. The molecule has 0 aliphatic carbocycles. The molecule has 0 saturated carbocycles. The minimum Gasteiger partial charge on any atom is -0.423 e. The van der Waals surface area contributed by atoms with E-state index >= 15 is 0 Å². The van der Waals surface area contributed by atoms with Gasteiger partial charge in [0.05, 0.1) is 22.2 Å². The van der Waals surface area contributed by atoms with Crippen LogP contribution in [-0.2, 0) is 0 Å². The van der Waals surface area contributed by atoms with Crippen LogP contribution < -0.4 is 4.74 Å². The summed E-state index contributed by atoms with van der Waals surface area (Å²) < 4.78 is 5.41. The number of halogens is 1. The van der Waals surface area contributed by atoms with Gasteiger partial charge in [0.2, 0.25) is 0 Å². The molecule has 0 aliphatic rings. The predicted octanol–water partition coefficient (Wildman–Crippen LogP) is 5.62. The zero-order valence-corrected chi connectivity index (χ0v) is 14.5. The molecule has 0 aromatic heterocycles. The fraction of sp³-hybridized carbons (Fsp3) is 0. The molecule has 0 spiro atoms. The van der Waals surface area contributed by atoms with Crippen LogP contribution in [0.15, 0.2) is 78.9 Å². The SMILES string of the molecule is N#C/C(=C/c1cccc(OC(=O)c2ccccc2Cl)c1)c1ccccc1. The Bertz CT molecular complexity index is 1000. The van der Waals surface area contributed by atoms with Gasteiger partial charge in [0, 0.05) is 0 Å². The van der Waals surface area contributed by atoms with Gasteiger partial charge in [-0.3, -0.25) is 0 Å². The largest absolute Gasteiger partial charge is 0.423 e. The number of hydrogen-bond acceptors (Lipinski definition) is 3. The van der Waals surface area contributed by atoms with E-state index in [1.165, 1.54) is 0 Å². The van der Waals surface area contributed by atoms with Crippen LogP contribution in [0, 0.1) is 11.3 Å². The Balaban J connectivity index is 1.85. The summed E-state index contributed by atoms with van der Waals surface area (Å²) in [5.74, 6) is -0.144. The molecule has 0 unspecified atom stereocenters. The van der Waals surface area contributed by atoms with Crippen molar-refractivity contribution in [3.05, 3.63) is 101 Å². The number of carbonyl (C=O) groups excluding carboxylic acids is 1. The molecular formula is C22H14ClNO2. The van der Waals surface area contributed by atoms with E-state index in [0.717, 1.165) is 11.1 Å². The van der Waals surface area contributed by atoms with Gasteiger partial charge < -0.3 is 4.74 Å². The second-order valence-corrected chi connectivity index (χ2v) is 5.88. The minimum atomic E-state index is -0.528. The van der Waals surface area contributed by atoms with Crippen LogP contribution in [0.4, 0.5) is 0 Å². The minimum absolute atomic E-state index is 0.303. The second-order valence-electron chi connectivity index (χ2n) is 5.48. The van der Waals surface area contributed by atoms with Crippen molar-refractivity contribution in [3.8, 4) is 11.8 Å². The number of benzene rings is 3. The maximum absolute atomic E-state index is 12.3. The maximum atomic E-state index is 12.3. The summed E-state index contributed by atoms with van der Waals surface area (Å²) in [6.45, 7) is 0. The lowest BCUT2D eigenvalue weighted by Gasteiger charge is -2.07. The van der Waals surface area contributed by atoms with E-state index in [1.807, 2.05) is 36.4 Å². The highest BCUT2D eigenvalue weighted by Gasteiger charge is 2.12. The first-order valence-electron chi connectivity index (χ1n) is 7.91. The third kappa shape index (κ3) is 4.18. The fourth-order valence-corrected chi connectivity index (χ4v) is 2.63. The number of nitrogens with zero attached hydrogens (tertiary/aromatic N) is 1. The molecule has 0 radical (unpaired) electrons. The molecule has 3 aromatic carbocycles. The van der Waals surface area contributed by atoms with Crippen molar-refractivity contribution < 1.29 is 9.53 Å². The molecule has 26 heavy (non-hydrogen) atoms. The van der Waals surface area contributed by atoms with E-state index in [9.17, 15) is 10.1 Å². The molecule has 3 rings (SSSR count). The lowest BCUT2D eigenvalue weighted by atomic mass is 10.0. The number of carbonyl (C=O) groups is 1. The number of nitriles is 1. The summed E-state index contributed by atoms with van der Waals surface area (Å²) in [6.07, 6.45) is 1.75. The van der Waals surface area contributed by atoms with Crippen LogP contribution in [0.25, 0.3) is 11.6 Å². The fourth-order valence-electron chi connectivity index (χ4n) is 2.42. The van der Waals surface area contributed by atoms with Crippen molar-refractivity contribution >= 4 is 29.2 Å². The summed E-state index contributed by atoms with van der Waals surface area (Å²) in [5.41, 5.74) is 2.42. The first-order chi connectivity index (χ1) is 12.7. The van der Waals surface area contributed by atoms with Gasteiger partial charge in [-0.1, -0.05) is 66.2 Å². The number of ether oxygens (including phenoxy) is 1. The van der Waals surface area contributed by atoms with Crippen LogP contribution in [-0.4, -0.2) is 5.97 Å². The van der Waals surface area contributed by atoms with E-state index in [1.54, 1.807) is 48.5 Å². The molecule has 0 saturated heterocycles. The summed E-state index contributed by atoms with van der Waals surface area (Å²) in [5, 5.41) is 9.75. The molecule has 0 N–H and O–H groups in total. The van der Waals surface area contributed by atoms with Gasteiger partial charge in [-0.05, 0) is 41.5 Å². The predicted molar refractivity (Wildman–Crippen MR) is 103 cm³/mol. The van der Waals surface area contributed by atoms with E-state index < -0.39 is 5.97 Å². The van der Waals surface area contributed by atoms with Crippen LogP contribution in [0.3, 0.4) is 0 Å². The number of hydrogen-bond donors (Lipinski definition) is 0. The highest BCUT2D eigenvalue weighted by atomic mass is 35.5. The van der Waals surface area contributed by atoms with Gasteiger partial charge >= 0.3 is 5.97 Å². The average Bonchev–Trinajstić information content (AvgIpc) is 2.67. The van der Waals surface area contributed by atoms with Crippen LogP contribution >= 0.6 is 11.6 Å². The third-order valence-corrected chi connectivity index (χ3v) is 4.01. The van der Waals surface area contributed by atoms with Crippen molar-refractivity contribution in [2.24, 2.45) is 0 Å². The van der Waals surface area contributed by atoms with E-state index in [-0.39, 0.29) is 0 Å². The summed E-state index contributed by atoms with van der Waals surface area (Å²) >= 11 is 6.03. The molecule has 0 aliphatic heterocycles. The molecule has 0 bridgehead atoms. The van der Waals surface area contributed by atoms with Gasteiger partial charge in [-0.15, -0.1) is 0 Å². The Morgan fingerprint density at radius 2 is 1.69 bits per heavy atom. The molecule has 0 amide bonds. The average molecular weight is 360 g/mol. The van der Waals surface area contributed by atoms with E-state index in [4.69, 9.17) is 16.3 Å². The highest BCUT2D eigenvalue weighted by Crippen LogP contribution is 2.22. The summed E-state index contributed by atoms with van der Waals surface area (Å²) in [7, 11) is 0. The topological polar surface area (TPSA) is 50.1 Å². The van der Waals surface area contributed by atoms with Gasteiger partial charge in [0.1, 0.15) is 5.75 Å². The zero-order valence-electron chi connectivity index (χ0n) is 13.7. The monoisotopic (exact) mass is 359 g/mol. The van der Waals surface area contributed by atoms with Gasteiger partial charge in [0.25, 0.3) is 0 Å². The lowest BCUT2D eigenvalue weighted by Crippen LogP contribution is -2.09.